The number of aromatic nitrogens is 1. The molecular weight excluding hydrogens is 584 g/mol. The number of aliphatic hydroxyl groups excluding tert-OH is 1. The Kier molecular flexibility index (Phi) is 9.42. The van der Waals surface area contributed by atoms with Crippen molar-refractivity contribution >= 4 is 11.6 Å². The molecule has 6 nitrogen and oxygen atoms in total. The molecule has 8 heteroatoms. The quantitative estimate of drug-likeness (QED) is 0.250. The average Bonchev–Trinajstić information content (AvgIpc) is 3.30. The van der Waals surface area contributed by atoms with E-state index in [4.69, 9.17) is 0 Å². The maximum absolute atomic E-state index is 14.3. The monoisotopic (exact) mass is 629 g/mol. The third kappa shape index (κ3) is 6.53. The topological polar surface area (TPSA) is 76.9 Å². The number of ketones is 1. The van der Waals surface area contributed by atoms with Gasteiger partial charge in [-0.25, -0.2) is 13.8 Å². The van der Waals surface area contributed by atoms with Crippen LogP contribution in [0.15, 0.2) is 72.4 Å². The first kappa shape index (κ1) is 32.5. The number of hydrogen-bond acceptors (Lipinski definition) is 6. The van der Waals surface area contributed by atoms with E-state index in [1.807, 2.05) is 42.6 Å². The number of halogens is 2. The molecule has 1 aromatic heterocycles. The van der Waals surface area contributed by atoms with Crippen LogP contribution in [0.1, 0.15) is 85.3 Å². The zero-order valence-electron chi connectivity index (χ0n) is 26.9. The molecule has 0 spiro atoms. The van der Waals surface area contributed by atoms with E-state index in [2.05, 4.69) is 34.7 Å². The van der Waals surface area contributed by atoms with Crippen LogP contribution in [0.2, 0.25) is 0 Å². The number of pyridine rings is 1. The maximum Gasteiger partial charge on any atom is 0.193 e. The SMILES string of the molecule is CC1=CCCC2(C)C(CCC2(O)CN2CCN(c3ccccn3)CC2)c2ccc(cc2C(=O)c2ccc(F)c(F)c2)CC(O)CC1. The fourth-order valence-corrected chi connectivity index (χ4v) is 8.04. The summed E-state index contributed by atoms with van der Waals surface area (Å²) in [5.41, 5.74) is 1.83. The van der Waals surface area contributed by atoms with Gasteiger partial charge in [-0.2, -0.15) is 0 Å². The van der Waals surface area contributed by atoms with Crippen LogP contribution in [0.5, 0.6) is 0 Å². The minimum Gasteiger partial charge on any atom is -0.393 e. The number of β-amino-alcohol motifs (C(OH)–C–C–N with tert-alkyl or cyclic N) is 1. The number of aliphatic hydroxyl groups is 2. The summed E-state index contributed by atoms with van der Waals surface area (Å²) >= 11 is 0. The van der Waals surface area contributed by atoms with Crippen LogP contribution in [0.4, 0.5) is 14.6 Å². The van der Waals surface area contributed by atoms with E-state index >= 15 is 0 Å². The molecule has 2 fully saturated rings. The van der Waals surface area contributed by atoms with Gasteiger partial charge in [0, 0.05) is 55.5 Å². The number of benzene rings is 2. The first-order valence-corrected chi connectivity index (χ1v) is 16.6. The second-order valence-electron chi connectivity index (χ2n) is 13.9. The average molecular weight is 630 g/mol. The van der Waals surface area contributed by atoms with Crippen molar-refractivity contribution in [3.8, 4) is 0 Å². The Hall–Kier alpha value is -3.46. The molecule has 1 saturated heterocycles. The van der Waals surface area contributed by atoms with Gasteiger partial charge in [0.1, 0.15) is 5.82 Å². The highest BCUT2D eigenvalue weighted by Crippen LogP contribution is 2.59. The maximum atomic E-state index is 14.3. The normalized spacial score (nSPS) is 27.6. The molecule has 0 radical (unpaired) electrons. The summed E-state index contributed by atoms with van der Waals surface area (Å²) in [6.07, 6.45) is 8.03. The first-order chi connectivity index (χ1) is 22.1. The van der Waals surface area contributed by atoms with Crippen LogP contribution in [0, 0.1) is 17.0 Å². The fourth-order valence-electron chi connectivity index (χ4n) is 8.04. The van der Waals surface area contributed by atoms with Gasteiger partial charge in [0.05, 0.1) is 11.7 Å². The minimum absolute atomic E-state index is 0.0817. The smallest absolute Gasteiger partial charge is 0.193 e. The molecular formula is C38H45F2N3O3. The minimum atomic E-state index is -1.06. The summed E-state index contributed by atoms with van der Waals surface area (Å²) in [5.74, 6) is -1.60. The van der Waals surface area contributed by atoms with E-state index in [1.54, 1.807) is 0 Å². The summed E-state index contributed by atoms with van der Waals surface area (Å²) in [5, 5.41) is 23.5. The third-order valence-electron chi connectivity index (χ3n) is 10.9. The zero-order chi connectivity index (χ0) is 32.5. The number of carbonyl (C=O) groups is 1. The molecule has 7 rings (SSSR count). The molecule has 0 amide bonds. The molecule has 4 aliphatic rings. The van der Waals surface area contributed by atoms with E-state index in [0.717, 1.165) is 74.5 Å². The van der Waals surface area contributed by atoms with Gasteiger partial charge in [-0.3, -0.25) is 9.69 Å². The van der Waals surface area contributed by atoms with Gasteiger partial charge < -0.3 is 15.1 Å². The molecule has 3 aliphatic carbocycles. The number of fused-ring (bicyclic) bond motifs is 8. The molecule has 4 atom stereocenters. The predicted molar refractivity (Wildman–Crippen MR) is 176 cm³/mol. The lowest BCUT2D eigenvalue weighted by Crippen LogP contribution is -2.56. The van der Waals surface area contributed by atoms with Gasteiger partial charge in [0.2, 0.25) is 0 Å². The fraction of sp³-hybridized carbons (Fsp3) is 0.474. The van der Waals surface area contributed by atoms with Crippen LogP contribution in [-0.2, 0) is 6.42 Å². The van der Waals surface area contributed by atoms with Crippen molar-refractivity contribution in [3.05, 3.63) is 106 Å². The van der Waals surface area contributed by atoms with Crippen molar-refractivity contribution in [1.29, 1.82) is 0 Å². The highest BCUT2D eigenvalue weighted by molar-refractivity contribution is 6.10. The molecule has 2 bridgehead atoms. The largest absolute Gasteiger partial charge is 0.393 e. The van der Waals surface area contributed by atoms with Gasteiger partial charge in [-0.15, -0.1) is 0 Å². The van der Waals surface area contributed by atoms with Crippen LogP contribution in [0.25, 0.3) is 0 Å². The standard InChI is InChI=1S/C38H45F2N3O3/c1-26-6-5-15-37(2)32(14-16-38(37,46)25-42-18-20-43(21-19-42)35-7-3-4-17-41-35)30-12-9-27(22-29(44)11-8-26)23-31(30)36(45)28-10-13-33(39)34(40)24-28/h3-4,6-7,9-10,12-13,17,23-24,29,32,44,46H,5,8,11,14-16,18-22,25H2,1-2H3. The van der Waals surface area contributed by atoms with Crippen LogP contribution in [0.3, 0.4) is 0 Å². The molecule has 244 valence electrons. The highest BCUT2D eigenvalue weighted by Gasteiger charge is 2.57. The molecule has 4 unspecified atom stereocenters. The van der Waals surface area contributed by atoms with E-state index < -0.39 is 28.8 Å². The van der Waals surface area contributed by atoms with E-state index in [0.29, 0.717) is 37.8 Å². The van der Waals surface area contributed by atoms with Gasteiger partial charge >= 0.3 is 0 Å². The molecule has 2 heterocycles. The van der Waals surface area contributed by atoms with Gasteiger partial charge in [0.25, 0.3) is 0 Å². The second-order valence-corrected chi connectivity index (χ2v) is 13.9. The van der Waals surface area contributed by atoms with Crippen molar-refractivity contribution in [3.63, 3.8) is 0 Å². The summed E-state index contributed by atoms with van der Waals surface area (Å²) in [7, 11) is 0. The Balaban J connectivity index is 1.34. The summed E-state index contributed by atoms with van der Waals surface area (Å²) in [6, 6.07) is 15.0. The molecule has 1 aliphatic heterocycles. The van der Waals surface area contributed by atoms with E-state index in [9.17, 15) is 23.8 Å². The van der Waals surface area contributed by atoms with Crippen molar-refractivity contribution in [2.45, 2.75) is 76.4 Å². The molecule has 2 N–H and O–H groups in total. The van der Waals surface area contributed by atoms with Gasteiger partial charge in [-0.05, 0) is 105 Å². The van der Waals surface area contributed by atoms with Crippen LogP contribution < -0.4 is 4.90 Å². The molecule has 2 aromatic carbocycles. The Bertz CT molecular complexity index is 1590. The number of anilines is 1. The Morgan fingerprint density at radius 1 is 1.00 bits per heavy atom. The van der Waals surface area contributed by atoms with Crippen LogP contribution >= 0.6 is 0 Å². The number of nitrogens with zero attached hydrogens (tertiary/aromatic N) is 3. The zero-order valence-corrected chi connectivity index (χ0v) is 26.9. The lowest BCUT2D eigenvalue weighted by atomic mass is 9.64. The number of carbonyl (C=O) groups excluding carboxylic acids is 1. The van der Waals surface area contributed by atoms with Gasteiger partial charge in [-0.1, -0.05) is 36.8 Å². The molecule has 3 aromatic rings. The Morgan fingerprint density at radius 2 is 1.80 bits per heavy atom. The van der Waals surface area contributed by atoms with Crippen molar-refractivity contribution < 1.29 is 23.8 Å². The molecule has 1 saturated carbocycles. The van der Waals surface area contributed by atoms with E-state index in [-0.39, 0.29) is 17.3 Å². The summed E-state index contributed by atoms with van der Waals surface area (Å²) in [4.78, 5) is 23.2. The van der Waals surface area contributed by atoms with Gasteiger partial charge in [0.15, 0.2) is 17.4 Å². The highest BCUT2D eigenvalue weighted by atomic mass is 19.2. The van der Waals surface area contributed by atoms with E-state index in [1.165, 1.54) is 11.6 Å². The van der Waals surface area contributed by atoms with Crippen LogP contribution in [-0.4, -0.2) is 70.3 Å². The van der Waals surface area contributed by atoms with Crippen molar-refractivity contribution in [1.82, 2.24) is 9.88 Å². The van der Waals surface area contributed by atoms with Crippen molar-refractivity contribution in [2.24, 2.45) is 5.41 Å². The number of hydrogen-bond donors (Lipinski definition) is 2. The first-order valence-electron chi connectivity index (χ1n) is 16.6. The Labute approximate surface area is 270 Å². The Morgan fingerprint density at radius 3 is 2.54 bits per heavy atom. The number of rotatable bonds is 5. The van der Waals surface area contributed by atoms with Crippen molar-refractivity contribution in [2.75, 3.05) is 37.6 Å². The lowest BCUT2D eigenvalue weighted by molar-refractivity contribution is -0.0841. The summed E-state index contributed by atoms with van der Waals surface area (Å²) in [6.45, 7) is 8.10. The second kappa shape index (κ2) is 13.3. The summed E-state index contributed by atoms with van der Waals surface area (Å²) < 4.78 is 28.1. The molecule has 46 heavy (non-hydrogen) atoms. The third-order valence-corrected chi connectivity index (χ3v) is 10.9. The number of piperazine rings is 1. The lowest BCUT2D eigenvalue weighted by Gasteiger charge is -2.47. The predicted octanol–water partition coefficient (Wildman–Crippen LogP) is 6.45. The number of allylic oxidation sites excluding steroid dienone is 2.